The summed E-state index contributed by atoms with van der Waals surface area (Å²) < 4.78 is 5.73. The van der Waals surface area contributed by atoms with Crippen molar-refractivity contribution in [3.63, 3.8) is 0 Å². The van der Waals surface area contributed by atoms with Crippen molar-refractivity contribution in [1.29, 1.82) is 5.26 Å². The van der Waals surface area contributed by atoms with Crippen LogP contribution in [0.2, 0.25) is 0 Å². The van der Waals surface area contributed by atoms with Gasteiger partial charge in [-0.25, -0.2) is 0 Å². The van der Waals surface area contributed by atoms with Gasteiger partial charge in [-0.05, 0) is 49.9 Å². The molecule has 0 N–H and O–H groups in total. The van der Waals surface area contributed by atoms with Crippen LogP contribution >= 0.6 is 0 Å². The molecule has 0 aliphatic carbocycles. The summed E-state index contributed by atoms with van der Waals surface area (Å²) in [4.78, 5) is 0. The number of hydrogen-bond donors (Lipinski definition) is 0. The summed E-state index contributed by atoms with van der Waals surface area (Å²) >= 11 is 0. The number of nitrogens with zero attached hydrogens (tertiary/aromatic N) is 1. The summed E-state index contributed by atoms with van der Waals surface area (Å²) in [7, 11) is 0. The number of benzene rings is 2. The van der Waals surface area contributed by atoms with Gasteiger partial charge in [-0.2, -0.15) is 5.26 Å². The van der Waals surface area contributed by atoms with Crippen molar-refractivity contribution in [3.05, 3.63) is 65.2 Å². The summed E-state index contributed by atoms with van der Waals surface area (Å²) in [5.41, 5.74) is 3.51. The van der Waals surface area contributed by atoms with Gasteiger partial charge in [0.05, 0.1) is 18.6 Å². The standard InChI is InChI=1S/C19H21NO/c1-15-8-10-17(11-9-15)18(14-20)6-4-12-21-19-7-3-5-16(2)13-19/h3,5,7-11,13,18H,4,6,12H2,1-2H3. The first-order chi connectivity index (χ1) is 10.2. The molecule has 2 aromatic rings. The third-order valence-corrected chi connectivity index (χ3v) is 3.53. The fraction of sp³-hybridized carbons (Fsp3) is 0.316. The zero-order chi connectivity index (χ0) is 15.1. The van der Waals surface area contributed by atoms with Crippen molar-refractivity contribution < 1.29 is 4.74 Å². The average molecular weight is 279 g/mol. The predicted octanol–water partition coefficient (Wildman–Crippen LogP) is 4.77. The topological polar surface area (TPSA) is 33.0 Å². The number of aryl methyl sites for hydroxylation is 2. The molecule has 1 atom stereocenters. The maximum absolute atomic E-state index is 9.31. The Morgan fingerprint density at radius 2 is 1.81 bits per heavy atom. The molecule has 1 unspecified atom stereocenters. The van der Waals surface area contributed by atoms with Gasteiger partial charge in [0.15, 0.2) is 0 Å². The Balaban J connectivity index is 1.81. The maximum atomic E-state index is 9.31. The van der Waals surface area contributed by atoms with E-state index in [1.807, 2.05) is 30.3 Å². The van der Waals surface area contributed by atoms with E-state index in [1.54, 1.807) is 0 Å². The van der Waals surface area contributed by atoms with E-state index < -0.39 is 0 Å². The van der Waals surface area contributed by atoms with Gasteiger partial charge < -0.3 is 4.74 Å². The highest BCUT2D eigenvalue weighted by Gasteiger charge is 2.10. The number of nitriles is 1. The lowest BCUT2D eigenvalue weighted by Crippen LogP contribution is -2.02. The quantitative estimate of drug-likeness (QED) is 0.713. The second-order valence-corrected chi connectivity index (χ2v) is 5.40. The van der Waals surface area contributed by atoms with Gasteiger partial charge >= 0.3 is 0 Å². The molecule has 0 spiro atoms. The first-order valence-electron chi connectivity index (χ1n) is 7.34. The largest absolute Gasteiger partial charge is 0.494 e. The van der Waals surface area contributed by atoms with Crippen LogP contribution in [-0.4, -0.2) is 6.61 Å². The molecule has 21 heavy (non-hydrogen) atoms. The van der Waals surface area contributed by atoms with Crippen LogP contribution in [0.3, 0.4) is 0 Å². The molecule has 0 aromatic heterocycles. The van der Waals surface area contributed by atoms with E-state index in [-0.39, 0.29) is 5.92 Å². The predicted molar refractivity (Wildman–Crippen MR) is 85.4 cm³/mol. The second-order valence-electron chi connectivity index (χ2n) is 5.40. The first-order valence-corrected chi connectivity index (χ1v) is 7.34. The molecule has 108 valence electrons. The molecule has 2 aromatic carbocycles. The molecule has 0 heterocycles. The Hall–Kier alpha value is -2.27. The normalized spacial score (nSPS) is 11.7. The van der Waals surface area contributed by atoms with Crippen molar-refractivity contribution >= 4 is 0 Å². The molecule has 2 rings (SSSR count). The van der Waals surface area contributed by atoms with Crippen LogP contribution in [0.25, 0.3) is 0 Å². The molecule has 0 aliphatic rings. The monoisotopic (exact) mass is 279 g/mol. The fourth-order valence-corrected chi connectivity index (χ4v) is 2.29. The Morgan fingerprint density at radius 3 is 2.48 bits per heavy atom. The zero-order valence-electron chi connectivity index (χ0n) is 12.7. The van der Waals surface area contributed by atoms with Gasteiger partial charge in [0.25, 0.3) is 0 Å². The Kier molecular flexibility index (Phi) is 5.40. The highest BCUT2D eigenvalue weighted by atomic mass is 16.5. The van der Waals surface area contributed by atoms with Crippen LogP contribution in [0.1, 0.15) is 35.4 Å². The van der Waals surface area contributed by atoms with E-state index >= 15 is 0 Å². The van der Waals surface area contributed by atoms with Crippen molar-refractivity contribution in [2.45, 2.75) is 32.6 Å². The van der Waals surface area contributed by atoms with Crippen LogP contribution in [0.5, 0.6) is 5.75 Å². The molecular weight excluding hydrogens is 258 g/mol. The van der Waals surface area contributed by atoms with E-state index in [1.165, 1.54) is 11.1 Å². The summed E-state index contributed by atoms with van der Waals surface area (Å²) in [6, 6.07) is 18.6. The van der Waals surface area contributed by atoms with Crippen LogP contribution in [0.4, 0.5) is 0 Å². The molecular formula is C19H21NO. The molecule has 0 fully saturated rings. The lowest BCUT2D eigenvalue weighted by molar-refractivity contribution is 0.305. The second kappa shape index (κ2) is 7.50. The Bertz CT molecular complexity index is 610. The van der Waals surface area contributed by atoms with Crippen molar-refractivity contribution in [2.75, 3.05) is 6.61 Å². The lowest BCUT2D eigenvalue weighted by Gasteiger charge is -2.11. The molecule has 0 amide bonds. The highest BCUT2D eigenvalue weighted by molar-refractivity contribution is 5.28. The van der Waals surface area contributed by atoms with Gasteiger partial charge in [-0.3, -0.25) is 0 Å². The third-order valence-electron chi connectivity index (χ3n) is 3.53. The van der Waals surface area contributed by atoms with Crippen molar-refractivity contribution in [3.8, 4) is 11.8 Å². The molecule has 2 nitrogen and oxygen atoms in total. The molecule has 0 saturated heterocycles. The number of hydrogen-bond acceptors (Lipinski definition) is 2. The van der Waals surface area contributed by atoms with Gasteiger partial charge in [0.2, 0.25) is 0 Å². The van der Waals surface area contributed by atoms with Gasteiger partial charge in [-0.15, -0.1) is 0 Å². The molecule has 0 aliphatic heterocycles. The molecule has 0 saturated carbocycles. The molecule has 0 bridgehead atoms. The summed E-state index contributed by atoms with van der Waals surface area (Å²) in [6.07, 6.45) is 1.70. The van der Waals surface area contributed by atoms with E-state index in [0.29, 0.717) is 6.61 Å². The lowest BCUT2D eigenvalue weighted by atomic mass is 9.95. The van der Waals surface area contributed by atoms with Crippen LogP contribution in [0.15, 0.2) is 48.5 Å². The van der Waals surface area contributed by atoms with E-state index in [9.17, 15) is 5.26 Å². The van der Waals surface area contributed by atoms with E-state index in [0.717, 1.165) is 24.2 Å². The summed E-state index contributed by atoms with van der Waals surface area (Å²) in [5, 5.41) is 9.31. The Morgan fingerprint density at radius 1 is 1.05 bits per heavy atom. The smallest absolute Gasteiger partial charge is 0.119 e. The fourth-order valence-electron chi connectivity index (χ4n) is 2.29. The molecule has 2 heteroatoms. The number of rotatable bonds is 6. The SMILES string of the molecule is Cc1ccc(C(C#N)CCCOc2cccc(C)c2)cc1. The minimum atomic E-state index is -0.0493. The summed E-state index contributed by atoms with van der Waals surface area (Å²) in [6.45, 7) is 4.75. The highest BCUT2D eigenvalue weighted by Crippen LogP contribution is 2.21. The van der Waals surface area contributed by atoms with Crippen molar-refractivity contribution in [2.24, 2.45) is 0 Å². The maximum Gasteiger partial charge on any atom is 0.119 e. The van der Waals surface area contributed by atoms with Gasteiger partial charge in [0.1, 0.15) is 5.75 Å². The minimum absolute atomic E-state index is 0.0493. The van der Waals surface area contributed by atoms with Gasteiger partial charge in [0, 0.05) is 0 Å². The van der Waals surface area contributed by atoms with E-state index in [4.69, 9.17) is 4.74 Å². The third kappa shape index (κ3) is 4.65. The molecule has 0 radical (unpaired) electrons. The first kappa shape index (κ1) is 15.1. The summed E-state index contributed by atoms with van der Waals surface area (Å²) in [5.74, 6) is 0.852. The van der Waals surface area contributed by atoms with Crippen LogP contribution in [0, 0.1) is 25.2 Å². The van der Waals surface area contributed by atoms with Gasteiger partial charge in [-0.1, -0.05) is 42.0 Å². The van der Waals surface area contributed by atoms with Crippen molar-refractivity contribution in [1.82, 2.24) is 0 Å². The van der Waals surface area contributed by atoms with Crippen LogP contribution < -0.4 is 4.74 Å². The zero-order valence-corrected chi connectivity index (χ0v) is 12.7. The Labute approximate surface area is 127 Å². The minimum Gasteiger partial charge on any atom is -0.494 e. The van der Waals surface area contributed by atoms with Crippen LogP contribution in [-0.2, 0) is 0 Å². The van der Waals surface area contributed by atoms with E-state index in [2.05, 4.69) is 38.1 Å². The average Bonchev–Trinajstić information content (AvgIpc) is 2.49. The number of ether oxygens (including phenoxy) is 1.